The molecule has 1 aliphatic rings. The first kappa shape index (κ1) is 26.1. The van der Waals surface area contributed by atoms with E-state index in [1.165, 1.54) is 27.7 Å². The average Bonchev–Trinajstić information content (AvgIpc) is 3.23. The van der Waals surface area contributed by atoms with Gasteiger partial charge >= 0.3 is 6.18 Å². The molecule has 0 saturated heterocycles. The summed E-state index contributed by atoms with van der Waals surface area (Å²) in [5.41, 5.74) is 2.94. The van der Waals surface area contributed by atoms with Gasteiger partial charge in [0.05, 0.1) is 11.1 Å². The van der Waals surface area contributed by atoms with E-state index in [1.54, 1.807) is 0 Å². The molecule has 1 aliphatic carbocycles. The largest absolute Gasteiger partial charge is 0.400 e. The first-order valence-corrected chi connectivity index (χ1v) is 13.9. The van der Waals surface area contributed by atoms with E-state index < -0.39 is 11.6 Å². The molecule has 37 heavy (non-hydrogen) atoms. The van der Waals surface area contributed by atoms with Gasteiger partial charge in [0, 0.05) is 6.07 Å². The first-order valence-electron chi connectivity index (χ1n) is 13.0. The van der Waals surface area contributed by atoms with Crippen LogP contribution >= 0.6 is 11.3 Å². The minimum Gasteiger partial charge on any atom is -0.240 e. The molecule has 0 aliphatic heterocycles. The normalized spacial score (nSPS) is 18.0. The maximum atomic E-state index is 14.7. The maximum Gasteiger partial charge on any atom is 0.400 e. The standard InChI is InChI=1S/C31H36F3N2S/c1-19-20-10-8-9-11-21(20)23(28(2,3)4)18-22(19)25-26-24(12-17-36(25)7)35-27(37-26)30(31(32,33)34)15-13-29(5,6)14-16-30/h8-12,17-18H,13-16H2,1-7H3/q+1. The Hall–Kier alpha value is -2.47. The fraction of sp³-hybridized carbons (Fsp3) is 0.484. The van der Waals surface area contributed by atoms with Gasteiger partial charge in [-0.05, 0) is 71.4 Å². The summed E-state index contributed by atoms with van der Waals surface area (Å²) in [6.45, 7) is 12.9. The van der Waals surface area contributed by atoms with Crippen molar-refractivity contribution in [1.82, 2.24) is 4.98 Å². The van der Waals surface area contributed by atoms with Crippen LogP contribution in [0.1, 0.15) is 76.4 Å². The highest BCUT2D eigenvalue weighted by molar-refractivity contribution is 7.19. The number of benzene rings is 2. The van der Waals surface area contributed by atoms with Gasteiger partial charge in [-0.1, -0.05) is 58.9 Å². The van der Waals surface area contributed by atoms with Gasteiger partial charge in [0.25, 0.3) is 0 Å². The van der Waals surface area contributed by atoms with Crippen LogP contribution in [0.3, 0.4) is 0 Å². The fourth-order valence-electron chi connectivity index (χ4n) is 5.91. The fourth-order valence-corrected chi connectivity index (χ4v) is 7.33. The molecular formula is C31H36F3N2S+. The molecule has 0 spiro atoms. The lowest BCUT2D eigenvalue weighted by molar-refractivity contribution is -0.659. The van der Waals surface area contributed by atoms with E-state index in [9.17, 15) is 13.2 Å². The lowest BCUT2D eigenvalue weighted by Gasteiger charge is -2.43. The molecule has 1 fully saturated rings. The number of hydrogen-bond donors (Lipinski definition) is 0. The summed E-state index contributed by atoms with van der Waals surface area (Å²) in [5.74, 6) is 0. The number of rotatable bonds is 2. The van der Waals surface area contributed by atoms with Crippen LogP contribution < -0.4 is 4.57 Å². The van der Waals surface area contributed by atoms with Crippen molar-refractivity contribution < 1.29 is 17.7 Å². The molecule has 0 bridgehead atoms. The molecule has 0 atom stereocenters. The number of fused-ring (bicyclic) bond motifs is 2. The van der Waals surface area contributed by atoms with Crippen LogP contribution in [-0.2, 0) is 17.9 Å². The smallest absolute Gasteiger partial charge is 0.240 e. The summed E-state index contributed by atoms with van der Waals surface area (Å²) >= 11 is 1.24. The van der Waals surface area contributed by atoms with Gasteiger partial charge < -0.3 is 0 Å². The molecule has 4 aromatic rings. The van der Waals surface area contributed by atoms with Gasteiger partial charge in [-0.3, -0.25) is 0 Å². The van der Waals surface area contributed by atoms with Crippen molar-refractivity contribution in [3.05, 3.63) is 58.7 Å². The average molecular weight is 526 g/mol. The molecule has 5 rings (SSSR count). The molecule has 2 nitrogen and oxygen atoms in total. The van der Waals surface area contributed by atoms with Gasteiger partial charge in [0.15, 0.2) is 6.20 Å². The zero-order chi connectivity index (χ0) is 27.0. The Kier molecular flexibility index (Phi) is 6.02. The van der Waals surface area contributed by atoms with Crippen LogP contribution in [0.4, 0.5) is 13.2 Å². The van der Waals surface area contributed by atoms with Crippen molar-refractivity contribution in [3.8, 4) is 11.3 Å². The van der Waals surface area contributed by atoms with Crippen LogP contribution in [0, 0.1) is 12.3 Å². The van der Waals surface area contributed by atoms with Crippen molar-refractivity contribution in [2.45, 2.75) is 84.2 Å². The van der Waals surface area contributed by atoms with E-state index in [0.29, 0.717) is 18.4 Å². The Morgan fingerprint density at radius 1 is 0.946 bits per heavy atom. The lowest BCUT2D eigenvalue weighted by Crippen LogP contribution is -2.46. The first-order chi connectivity index (χ1) is 17.1. The number of halogens is 3. The number of aromatic nitrogens is 2. The second-order valence-corrected chi connectivity index (χ2v) is 13.6. The van der Waals surface area contributed by atoms with Gasteiger partial charge in [-0.25, -0.2) is 4.98 Å². The second-order valence-electron chi connectivity index (χ2n) is 12.6. The summed E-state index contributed by atoms with van der Waals surface area (Å²) in [5, 5.41) is 2.61. The number of thiazole rings is 1. The zero-order valence-corrected chi connectivity index (χ0v) is 23.6. The molecule has 6 heteroatoms. The third-order valence-corrected chi connectivity index (χ3v) is 9.75. The summed E-state index contributed by atoms with van der Waals surface area (Å²) in [7, 11) is 1.97. The number of aryl methyl sites for hydroxylation is 2. The van der Waals surface area contributed by atoms with E-state index in [1.807, 2.05) is 23.9 Å². The second kappa shape index (κ2) is 8.52. The molecule has 0 amide bonds. The monoisotopic (exact) mass is 525 g/mol. The third kappa shape index (κ3) is 4.25. The quantitative estimate of drug-likeness (QED) is 0.239. The molecule has 0 radical (unpaired) electrons. The molecule has 2 aromatic heterocycles. The van der Waals surface area contributed by atoms with Crippen LogP contribution in [0.25, 0.3) is 32.2 Å². The van der Waals surface area contributed by atoms with E-state index in [-0.39, 0.29) is 28.7 Å². The van der Waals surface area contributed by atoms with E-state index >= 15 is 0 Å². The zero-order valence-electron chi connectivity index (χ0n) is 22.8. The summed E-state index contributed by atoms with van der Waals surface area (Å²) in [6.07, 6.45) is -1.14. The van der Waals surface area contributed by atoms with Crippen molar-refractivity contribution in [2.24, 2.45) is 12.5 Å². The molecular weight excluding hydrogens is 489 g/mol. The van der Waals surface area contributed by atoms with Crippen LogP contribution in [0.15, 0.2) is 42.6 Å². The lowest BCUT2D eigenvalue weighted by atomic mass is 9.65. The number of nitrogens with zero attached hydrogens (tertiary/aromatic N) is 2. The Bertz CT molecular complexity index is 1500. The van der Waals surface area contributed by atoms with Crippen LogP contribution in [-0.4, -0.2) is 11.2 Å². The highest BCUT2D eigenvalue weighted by Gasteiger charge is 2.59. The van der Waals surface area contributed by atoms with Gasteiger partial charge in [0.2, 0.25) is 5.69 Å². The Balaban J connectivity index is 1.78. The third-order valence-electron chi connectivity index (χ3n) is 8.46. The van der Waals surface area contributed by atoms with Gasteiger partial charge in [-0.15, -0.1) is 11.3 Å². The summed E-state index contributed by atoms with van der Waals surface area (Å²) in [4.78, 5) is 4.70. The number of alkyl halides is 3. The molecule has 2 heterocycles. The van der Waals surface area contributed by atoms with Crippen LogP contribution in [0.5, 0.6) is 0 Å². The summed E-state index contributed by atoms with van der Waals surface area (Å²) < 4.78 is 47.1. The molecule has 1 saturated carbocycles. The van der Waals surface area contributed by atoms with E-state index in [4.69, 9.17) is 4.98 Å². The van der Waals surface area contributed by atoms with E-state index in [0.717, 1.165) is 21.5 Å². The van der Waals surface area contributed by atoms with E-state index in [2.05, 4.69) is 71.9 Å². The van der Waals surface area contributed by atoms with Crippen molar-refractivity contribution in [3.63, 3.8) is 0 Å². The number of hydrogen-bond acceptors (Lipinski definition) is 2. The van der Waals surface area contributed by atoms with Crippen molar-refractivity contribution in [2.75, 3.05) is 0 Å². The predicted octanol–water partition coefficient (Wildman–Crippen LogP) is 8.95. The van der Waals surface area contributed by atoms with Gasteiger partial charge in [0.1, 0.15) is 22.2 Å². The van der Waals surface area contributed by atoms with Gasteiger partial charge in [-0.2, -0.15) is 17.7 Å². The Morgan fingerprint density at radius 2 is 1.57 bits per heavy atom. The minimum atomic E-state index is -4.34. The molecule has 196 valence electrons. The SMILES string of the molecule is Cc1c(-c2c3sc(C4(C(F)(F)F)CCC(C)(C)CC4)nc3cc[n+]2C)cc(C(C)(C)C)c2ccccc12. The van der Waals surface area contributed by atoms with Crippen LogP contribution in [0.2, 0.25) is 0 Å². The van der Waals surface area contributed by atoms with Crippen molar-refractivity contribution in [1.29, 1.82) is 0 Å². The highest BCUT2D eigenvalue weighted by atomic mass is 32.1. The predicted molar refractivity (Wildman–Crippen MR) is 147 cm³/mol. The molecule has 2 aromatic carbocycles. The summed E-state index contributed by atoms with van der Waals surface area (Å²) in [6, 6.07) is 12.5. The highest BCUT2D eigenvalue weighted by Crippen LogP contribution is 2.56. The Morgan fingerprint density at radius 3 is 2.16 bits per heavy atom. The van der Waals surface area contributed by atoms with Crippen molar-refractivity contribution >= 4 is 32.3 Å². The topological polar surface area (TPSA) is 16.8 Å². The maximum absolute atomic E-state index is 14.7. The molecule has 0 unspecified atom stereocenters. The molecule has 0 N–H and O–H groups in total. The minimum absolute atomic E-state index is 0.0748. The number of pyridine rings is 1. The Labute approximate surface area is 221 Å².